The smallest absolute Gasteiger partial charge is 0.319 e. The Labute approximate surface area is 116 Å². The van der Waals surface area contributed by atoms with E-state index < -0.39 is 35.0 Å². The molecule has 0 aliphatic carbocycles. The van der Waals surface area contributed by atoms with Gasteiger partial charge in [-0.2, -0.15) is 13.2 Å². The maximum atomic E-state index is 13.4. The van der Waals surface area contributed by atoms with Gasteiger partial charge in [0, 0.05) is 11.6 Å². The summed E-state index contributed by atoms with van der Waals surface area (Å²) in [6.45, 7) is 0. The first-order valence-corrected chi connectivity index (χ1v) is 5.71. The summed E-state index contributed by atoms with van der Waals surface area (Å²) in [5.74, 6) is -2.64. The minimum atomic E-state index is -4.60. The van der Waals surface area contributed by atoms with E-state index in [4.69, 9.17) is 0 Å². The van der Waals surface area contributed by atoms with Crippen LogP contribution >= 0.6 is 0 Å². The number of anilines is 1. The van der Waals surface area contributed by atoms with E-state index in [0.717, 1.165) is 36.4 Å². The van der Waals surface area contributed by atoms with Crippen molar-refractivity contribution in [2.45, 2.75) is 6.18 Å². The van der Waals surface area contributed by atoms with Crippen LogP contribution in [-0.4, -0.2) is 5.91 Å². The molecule has 2 nitrogen and oxygen atoms in total. The van der Waals surface area contributed by atoms with Crippen molar-refractivity contribution in [2.24, 2.45) is 0 Å². The molecule has 1 amide bonds. The van der Waals surface area contributed by atoms with Crippen molar-refractivity contribution in [2.75, 3.05) is 5.32 Å². The molecule has 110 valence electrons. The van der Waals surface area contributed by atoms with E-state index in [1.165, 1.54) is 0 Å². The summed E-state index contributed by atoms with van der Waals surface area (Å²) in [5, 5.41) is 2.02. The molecule has 0 aliphatic rings. The van der Waals surface area contributed by atoms with Gasteiger partial charge in [-0.25, -0.2) is 8.78 Å². The van der Waals surface area contributed by atoms with Crippen molar-refractivity contribution in [3.05, 3.63) is 65.2 Å². The highest BCUT2D eigenvalue weighted by molar-refractivity contribution is 6.04. The van der Waals surface area contributed by atoms with E-state index in [2.05, 4.69) is 0 Å². The molecule has 2 aromatic carbocycles. The summed E-state index contributed by atoms with van der Waals surface area (Å²) >= 11 is 0. The molecule has 0 saturated carbocycles. The van der Waals surface area contributed by atoms with Gasteiger partial charge in [0.05, 0.1) is 11.3 Å². The van der Waals surface area contributed by atoms with Crippen LogP contribution in [0.4, 0.5) is 27.6 Å². The molecule has 2 rings (SSSR count). The number of alkyl halides is 3. The Morgan fingerprint density at radius 2 is 1.71 bits per heavy atom. The molecule has 2 aromatic rings. The van der Waals surface area contributed by atoms with Crippen molar-refractivity contribution in [3.8, 4) is 0 Å². The predicted molar refractivity (Wildman–Crippen MR) is 65.8 cm³/mol. The highest BCUT2D eigenvalue weighted by Crippen LogP contribution is 2.29. The molecule has 0 aromatic heterocycles. The number of halogens is 5. The van der Waals surface area contributed by atoms with Gasteiger partial charge in [0.1, 0.15) is 11.6 Å². The van der Waals surface area contributed by atoms with Crippen molar-refractivity contribution in [1.29, 1.82) is 0 Å². The molecule has 0 bridgehead atoms. The summed E-state index contributed by atoms with van der Waals surface area (Å²) < 4.78 is 63.9. The van der Waals surface area contributed by atoms with E-state index in [9.17, 15) is 26.7 Å². The van der Waals surface area contributed by atoms with Crippen molar-refractivity contribution >= 4 is 11.6 Å². The van der Waals surface area contributed by atoms with Crippen LogP contribution < -0.4 is 5.32 Å². The monoisotopic (exact) mass is 301 g/mol. The SMILES string of the molecule is O=C(Nc1cc(F)ccc1F)c1cccc(C(F)(F)F)c1. The molecule has 0 unspecified atom stereocenters. The van der Waals surface area contributed by atoms with Gasteiger partial charge < -0.3 is 5.32 Å². The van der Waals surface area contributed by atoms with E-state index in [1.54, 1.807) is 0 Å². The fraction of sp³-hybridized carbons (Fsp3) is 0.0714. The van der Waals surface area contributed by atoms with Crippen LogP contribution in [0.15, 0.2) is 42.5 Å². The molecule has 0 spiro atoms. The van der Waals surface area contributed by atoms with Gasteiger partial charge in [0.25, 0.3) is 5.91 Å². The van der Waals surface area contributed by atoms with E-state index in [0.29, 0.717) is 6.07 Å². The number of rotatable bonds is 2. The van der Waals surface area contributed by atoms with E-state index >= 15 is 0 Å². The lowest BCUT2D eigenvalue weighted by Crippen LogP contribution is -2.15. The van der Waals surface area contributed by atoms with Crippen LogP contribution in [0.2, 0.25) is 0 Å². The lowest BCUT2D eigenvalue weighted by Gasteiger charge is -2.09. The fourth-order valence-electron chi connectivity index (χ4n) is 1.62. The summed E-state index contributed by atoms with van der Waals surface area (Å²) in [7, 11) is 0. The lowest BCUT2D eigenvalue weighted by molar-refractivity contribution is -0.137. The van der Waals surface area contributed by atoms with Gasteiger partial charge in [-0.1, -0.05) is 6.07 Å². The number of carbonyl (C=O) groups excluding carboxylic acids is 1. The first-order valence-electron chi connectivity index (χ1n) is 5.71. The second-order valence-electron chi connectivity index (χ2n) is 4.16. The molecular formula is C14H8F5NO. The second-order valence-corrected chi connectivity index (χ2v) is 4.16. The third kappa shape index (κ3) is 3.56. The van der Waals surface area contributed by atoms with Crippen LogP contribution in [0.25, 0.3) is 0 Å². The normalized spacial score (nSPS) is 11.3. The first-order chi connectivity index (χ1) is 9.77. The minimum Gasteiger partial charge on any atom is -0.319 e. The summed E-state index contributed by atoms with van der Waals surface area (Å²) in [6, 6.07) is 6.03. The maximum Gasteiger partial charge on any atom is 0.416 e. The minimum absolute atomic E-state index is 0.312. The maximum absolute atomic E-state index is 13.4. The molecule has 0 saturated heterocycles. The summed E-state index contributed by atoms with van der Waals surface area (Å²) in [6.07, 6.45) is -4.60. The van der Waals surface area contributed by atoms with Gasteiger partial charge in [-0.05, 0) is 30.3 Å². The zero-order valence-electron chi connectivity index (χ0n) is 10.3. The Balaban J connectivity index is 2.27. The predicted octanol–water partition coefficient (Wildman–Crippen LogP) is 4.24. The van der Waals surface area contributed by atoms with Crippen LogP contribution in [0.5, 0.6) is 0 Å². The Morgan fingerprint density at radius 1 is 1.00 bits per heavy atom. The highest BCUT2D eigenvalue weighted by atomic mass is 19.4. The van der Waals surface area contributed by atoms with Crippen molar-refractivity contribution < 1.29 is 26.7 Å². The third-order valence-corrected chi connectivity index (χ3v) is 2.63. The molecule has 0 radical (unpaired) electrons. The molecule has 0 fully saturated rings. The molecule has 21 heavy (non-hydrogen) atoms. The Bertz CT molecular complexity index is 681. The van der Waals surface area contributed by atoms with E-state index in [1.807, 2.05) is 5.32 Å². The molecule has 0 atom stereocenters. The zero-order valence-corrected chi connectivity index (χ0v) is 10.3. The van der Waals surface area contributed by atoms with Gasteiger partial charge in [-0.3, -0.25) is 4.79 Å². The number of amides is 1. The molecule has 0 aliphatic heterocycles. The third-order valence-electron chi connectivity index (χ3n) is 2.63. The van der Waals surface area contributed by atoms with Crippen LogP contribution in [0, 0.1) is 11.6 Å². The van der Waals surface area contributed by atoms with Crippen LogP contribution in [0.1, 0.15) is 15.9 Å². The number of carbonyl (C=O) groups is 1. The summed E-state index contributed by atoms with van der Waals surface area (Å²) in [5.41, 5.74) is -1.76. The van der Waals surface area contributed by atoms with Crippen molar-refractivity contribution in [1.82, 2.24) is 0 Å². The number of hydrogen-bond acceptors (Lipinski definition) is 1. The van der Waals surface area contributed by atoms with Crippen LogP contribution in [0.3, 0.4) is 0 Å². The first kappa shape index (κ1) is 15.0. The Kier molecular flexibility index (Phi) is 3.93. The lowest BCUT2D eigenvalue weighted by atomic mass is 10.1. The number of hydrogen-bond donors (Lipinski definition) is 1. The quantitative estimate of drug-likeness (QED) is 0.826. The van der Waals surface area contributed by atoms with E-state index in [-0.39, 0.29) is 5.56 Å². The summed E-state index contributed by atoms with van der Waals surface area (Å²) in [4.78, 5) is 11.8. The largest absolute Gasteiger partial charge is 0.416 e. The average molecular weight is 301 g/mol. The van der Waals surface area contributed by atoms with Gasteiger partial charge in [0.2, 0.25) is 0 Å². The zero-order chi connectivity index (χ0) is 15.6. The molecule has 7 heteroatoms. The second kappa shape index (κ2) is 5.51. The fourth-order valence-corrected chi connectivity index (χ4v) is 1.62. The van der Waals surface area contributed by atoms with Gasteiger partial charge >= 0.3 is 6.18 Å². The molecular weight excluding hydrogens is 293 g/mol. The molecule has 0 heterocycles. The number of benzene rings is 2. The average Bonchev–Trinajstić information content (AvgIpc) is 2.42. The van der Waals surface area contributed by atoms with Gasteiger partial charge in [0.15, 0.2) is 0 Å². The highest BCUT2D eigenvalue weighted by Gasteiger charge is 2.30. The topological polar surface area (TPSA) is 29.1 Å². The number of nitrogens with one attached hydrogen (secondary N) is 1. The Morgan fingerprint density at radius 3 is 2.38 bits per heavy atom. The van der Waals surface area contributed by atoms with Gasteiger partial charge in [-0.15, -0.1) is 0 Å². The molecule has 1 N–H and O–H groups in total. The van der Waals surface area contributed by atoms with Crippen LogP contribution in [-0.2, 0) is 6.18 Å². The Hall–Kier alpha value is -2.44. The van der Waals surface area contributed by atoms with Crippen molar-refractivity contribution in [3.63, 3.8) is 0 Å². The standard InChI is InChI=1S/C14H8F5NO/c15-10-4-5-11(16)12(7-10)20-13(21)8-2-1-3-9(6-8)14(17,18)19/h1-7H,(H,20,21).